The molecule has 0 saturated carbocycles. The van der Waals surface area contributed by atoms with E-state index < -0.39 is 10.0 Å². The molecule has 1 aromatic rings. The Morgan fingerprint density at radius 1 is 1.29 bits per heavy atom. The first kappa shape index (κ1) is 16.9. The molecule has 7 heteroatoms. The van der Waals surface area contributed by atoms with Gasteiger partial charge in [0.05, 0.1) is 0 Å². The zero-order valence-electron chi connectivity index (χ0n) is 13.0. The van der Waals surface area contributed by atoms with Crippen molar-refractivity contribution < 1.29 is 8.42 Å². The van der Waals surface area contributed by atoms with Crippen LogP contribution in [0.2, 0.25) is 0 Å². The second-order valence-electron chi connectivity index (χ2n) is 5.97. The van der Waals surface area contributed by atoms with Crippen LogP contribution in [0.5, 0.6) is 0 Å². The van der Waals surface area contributed by atoms with E-state index in [1.165, 1.54) is 11.3 Å². The molecule has 1 aliphatic heterocycles. The van der Waals surface area contributed by atoms with E-state index >= 15 is 0 Å². The molecule has 120 valence electrons. The zero-order chi connectivity index (χ0) is 15.6. The molecule has 0 amide bonds. The van der Waals surface area contributed by atoms with Crippen molar-refractivity contribution in [1.29, 1.82) is 0 Å². The molecule has 0 spiro atoms. The number of rotatable bonds is 5. The second kappa shape index (κ2) is 6.75. The topological polar surface area (TPSA) is 66.6 Å². The first-order valence-electron chi connectivity index (χ1n) is 7.36. The highest BCUT2D eigenvalue weighted by atomic mass is 32.2. The molecular formula is C14H25N3O2S2. The van der Waals surface area contributed by atoms with Gasteiger partial charge in [-0.15, -0.1) is 11.3 Å². The summed E-state index contributed by atoms with van der Waals surface area (Å²) in [4.78, 5) is 3.29. The van der Waals surface area contributed by atoms with Gasteiger partial charge in [-0.1, -0.05) is 13.8 Å². The minimum atomic E-state index is -3.36. The summed E-state index contributed by atoms with van der Waals surface area (Å²) in [6.07, 6.45) is 0. The highest BCUT2D eigenvalue weighted by molar-refractivity contribution is 7.91. The lowest BCUT2D eigenvalue weighted by Gasteiger charge is -2.34. The Hall–Kier alpha value is -0.470. The van der Waals surface area contributed by atoms with Gasteiger partial charge in [0.25, 0.3) is 10.0 Å². The van der Waals surface area contributed by atoms with E-state index in [-0.39, 0.29) is 0 Å². The summed E-state index contributed by atoms with van der Waals surface area (Å²) in [6, 6.07) is 1.75. The van der Waals surface area contributed by atoms with Crippen LogP contribution >= 0.6 is 11.3 Å². The van der Waals surface area contributed by atoms with Crippen molar-refractivity contribution in [3.8, 4) is 0 Å². The Labute approximate surface area is 131 Å². The van der Waals surface area contributed by atoms with Crippen molar-refractivity contribution in [2.24, 2.45) is 11.7 Å². The molecule has 1 aromatic heterocycles. The van der Waals surface area contributed by atoms with Crippen LogP contribution in [0, 0.1) is 12.8 Å². The van der Waals surface area contributed by atoms with Crippen LogP contribution in [0.4, 0.5) is 0 Å². The third-order valence-electron chi connectivity index (χ3n) is 3.73. The zero-order valence-corrected chi connectivity index (χ0v) is 14.6. The Kier molecular flexibility index (Phi) is 5.43. The van der Waals surface area contributed by atoms with Gasteiger partial charge in [-0.2, -0.15) is 4.31 Å². The number of thiophene rings is 1. The molecule has 1 aliphatic rings. The lowest BCUT2D eigenvalue weighted by Crippen LogP contribution is -2.49. The van der Waals surface area contributed by atoms with Crippen LogP contribution in [0.25, 0.3) is 0 Å². The maximum Gasteiger partial charge on any atom is 0.252 e. The summed E-state index contributed by atoms with van der Waals surface area (Å²) in [7, 11) is -3.36. The number of hydrogen-bond acceptors (Lipinski definition) is 5. The van der Waals surface area contributed by atoms with Crippen molar-refractivity contribution in [2.45, 2.75) is 31.5 Å². The van der Waals surface area contributed by atoms with Crippen LogP contribution in [-0.4, -0.2) is 50.3 Å². The predicted octanol–water partition coefficient (Wildman–Crippen LogP) is 1.48. The fourth-order valence-electron chi connectivity index (χ4n) is 2.61. The molecule has 21 heavy (non-hydrogen) atoms. The minimum absolute atomic E-state index is 0.397. The fraction of sp³-hybridized carbons (Fsp3) is 0.714. The van der Waals surface area contributed by atoms with Gasteiger partial charge in [0.15, 0.2) is 0 Å². The monoisotopic (exact) mass is 331 g/mol. The minimum Gasteiger partial charge on any atom is -0.326 e. The maximum absolute atomic E-state index is 12.7. The third-order valence-corrected chi connectivity index (χ3v) is 7.34. The average molecular weight is 332 g/mol. The average Bonchev–Trinajstić information content (AvgIpc) is 2.80. The SMILES string of the molecule is Cc1cc(S(=O)(=O)N2CCN(CC(C)C)CC2)sc1CN. The molecule has 1 fully saturated rings. The van der Waals surface area contributed by atoms with Crippen LogP contribution in [0.15, 0.2) is 10.3 Å². The number of aryl methyl sites for hydroxylation is 1. The standard InChI is InChI=1S/C14H25N3O2S2/c1-11(2)10-16-4-6-17(7-5-16)21(18,19)14-8-12(3)13(9-15)20-14/h8,11H,4-7,9-10,15H2,1-3H3. The van der Waals surface area contributed by atoms with E-state index in [0.717, 1.165) is 30.1 Å². The molecule has 0 aromatic carbocycles. The van der Waals surface area contributed by atoms with Gasteiger partial charge in [0, 0.05) is 44.1 Å². The summed E-state index contributed by atoms with van der Waals surface area (Å²) in [5, 5.41) is 0. The Bertz CT molecular complexity index is 573. The molecule has 0 atom stereocenters. The normalized spacial score (nSPS) is 18.5. The van der Waals surface area contributed by atoms with Gasteiger partial charge >= 0.3 is 0 Å². The molecule has 0 aliphatic carbocycles. The summed E-state index contributed by atoms with van der Waals surface area (Å²) in [6.45, 7) is 10.5. The lowest BCUT2D eigenvalue weighted by atomic mass is 10.2. The number of piperazine rings is 1. The maximum atomic E-state index is 12.7. The Morgan fingerprint density at radius 2 is 1.90 bits per heavy atom. The number of sulfonamides is 1. The molecule has 0 radical (unpaired) electrons. The summed E-state index contributed by atoms with van der Waals surface area (Å²) >= 11 is 1.30. The largest absolute Gasteiger partial charge is 0.326 e. The van der Waals surface area contributed by atoms with Crippen molar-refractivity contribution >= 4 is 21.4 Å². The summed E-state index contributed by atoms with van der Waals surface area (Å²) < 4.78 is 27.4. The van der Waals surface area contributed by atoms with E-state index in [0.29, 0.717) is 29.8 Å². The number of nitrogens with zero attached hydrogens (tertiary/aromatic N) is 2. The van der Waals surface area contributed by atoms with E-state index in [2.05, 4.69) is 18.7 Å². The van der Waals surface area contributed by atoms with Crippen molar-refractivity contribution in [3.05, 3.63) is 16.5 Å². The lowest BCUT2D eigenvalue weighted by molar-refractivity contribution is 0.172. The van der Waals surface area contributed by atoms with Gasteiger partial charge in [-0.3, -0.25) is 0 Å². The van der Waals surface area contributed by atoms with E-state index in [9.17, 15) is 8.42 Å². The first-order valence-corrected chi connectivity index (χ1v) is 9.62. The summed E-state index contributed by atoms with van der Waals surface area (Å²) in [5.41, 5.74) is 6.62. The van der Waals surface area contributed by atoms with E-state index in [1.807, 2.05) is 6.92 Å². The highest BCUT2D eigenvalue weighted by Crippen LogP contribution is 2.28. The highest BCUT2D eigenvalue weighted by Gasteiger charge is 2.30. The third kappa shape index (κ3) is 3.84. The van der Waals surface area contributed by atoms with E-state index in [1.54, 1.807) is 10.4 Å². The molecular weight excluding hydrogens is 306 g/mol. The molecule has 2 heterocycles. The van der Waals surface area contributed by atoms with Crippen LogP contribution < -0.4 is 5.73 Å². The van der Waals surface area contributed by atoms with Gasteiger partial charge < -0.3 is 10.6 Å². The number of nitrogens with two attached hydrogens (primary N) is 1. The van der Waals surface area contributed by atoms with Crippen LogP contribution in [0.3, 0.4) is 0 Å². The first-order chi connectivity index (χ1) is 9.84. The van der Waals surface area contributed by atoms with Gasteiger partial charge in [0.1, 0.15) is 4.21 Å². The van der Waals surface area contributed by atoms with Crippen molar-refractivity contribution in [2.75, 3.05) is 32.7 Å². The molecule has 2 N–H and O–H groups in total. The number of hydrogen-bond donors (Lipinski definition) is 1. The smallest absolute Gasteiger partial charge is 0.252 e. The van der Waals surface area contributed by atoms with Gasteiger partial charge in [-0.05, 0) is 24.5 Å². The predicted molar refractivity (Wildman–Crippen MR) is 87.0 cm³/mol. The van der Waals surface area contributed by atoms with Crippen molar-refractivity contribution in [1.82, 2.24) is 9.21 Å². The molecule has 5 nitrogen and oxygen atoms in total. The quantitative estimate of drug-likeness (QED) is 0.887. The Balaban J connectivity index is 2.07. The van der Waals surface area contributed by atoms with E-state index in [4.69, 9.17) is 5.73 Å². The van der Waals surface area contributed by atoms with Gasteiger partial charge in [0.2, 0.25) is 0 Å². The molecule has 2 rings (SSSR count). The van der Waals surface area contributed by atoms with Crippen molar-refractivity contribution in [3.63, 3.8) is 0 Å². The van der Waals surface area contributed by atoms with Gasteiger partial charge in [-0.25, -0.2) is 8.42 Å². The summed E-state index contributed by atoms with van der Waals surface area (Å²) in [5.74, 6) is 0.611. The molecule has 1 saturated heterocycles. The molecule has 0 unspecified atom stereocenters. The van der Waals surface area contributed by atoms with Crippen LogP contribution in [0.1, 0.15) is 24.3 Å². The second-order valence-corrected chi connectivity index (χ2v) is 9.28. The van der Waals surface area contributed by atoms with Crippen LogP contribution in [-0.2, 0) is 16.6 Å². The molecule has 0 bridgehead atoms. The fourth-order valence-corrected chi connectivity index (χ4v) is 5.66. The Morgan fingerprint density at radius 3 is 2.38 bits per heavy atom.